The Hall–Kier alpha value is -0.860. The number of carbonyl (C=O) groups excluding carboxylic acids is 2. The molecule has 1 rings (SSSR count). The van der Waals surface area contributed by atoms with Gasteiger partial charge in [-0.3, -0.25) is 9.59 Å². The zero-order chi connectivity index (χ0) is 12.5. The molecule has 1 unspecified atom stereocenters. The summed E-state index contributed by atoms with van der Waals surface area (Å²) in [5.41, 5.74) is -0.537. The van der Waals surface area contributed by atoms with Crippen molar-refractivity contribution >= 4 is 11.7 Å². The Morgan fingerprint density at radius 2 is 1.81 bits per heavy atom. The molecular weight excluding hydrogens is 202 g/mol. The lowest BCUT2D eigenvalue weighted by Gasteiger charge is -2.21. The number of carbonyl (C=O) groups is 2. The number of ketones is 1. The van der Waals surface area contributed by atoms with Crippen molar-refractivity contribution in [1.29, 1.82) is 0 Å². The first kappa shape index (κ1) is 13.2. The van der Waals surface area contributed by atoms with E-state index in [1.54, 1.807) is 0 Å². The monoisotopic (exact) mass is 225 g/mol. The first-order valence-electron chi connectivity index (χ1n) is 6.21. The fourth-order valence-electron chi connectivity index (χ4n) is 2.22. The third kappa shape index (κ3) is 2.28. The normalized spacial score (nSPS) is 28.3. The highest BCUT2D eigenvalue weighted by Gasteiger charge is 2.59. The van der Waals surface area contributed by atoms with E-state index in [9.17, 15) is 9.59 Å². The van der Waals surface area contributed by atoms with E-state index in [1.807, 2.05) is 27.7 Å². The number of Topliss-reactive ketones (excluding diaryl/α,β-unsaturated/α-hetero) is 1. The van der Waals surface area contributed by atoms with Crippen LogP contribution in [0.4, 0.5) is 0 Å². The third-order valence-corrected chi connectivity index (χ3v) is 3.43. The molecule has 16 heavy (non-hydrogen) atoms. The Bertz CT molecular complexity index is 296. The molecule has 1 amide bonds. The molecule has 0 aromatic carbocycles. The molecule has 1 aliphatic carbocycles. The van der Waals surface area contributed by atoms with E-state index in [4.69, 9.17) is 0 Å². The van der Waals surface area contributed by atoms with Crippen molar-refractivity contribution in [1.82, 2.24) is 5.32 Å². The van der Waals surface area contributed by atoms with Crippen molar-refractivity contribution < 1.29 is 9.59 Å². The summed E-state index contributed by atoms with van der Waals surface area (Å²) in [7, 11) is 0. The van der Waals surface area contributed by atoms with Crippen molar-refractivity contribution in [3.05, 3.63) is 0 Å². The Morgan fingerprint density at radius 3 is 2.12 bits per heavy atom. The van der Waals surface area contributed by atoms with Crippen LogP contribution >= 0.6 is 0 Å². The second kappa shape index (κ2) is 4.56. The van der Waals surface area contributed by atoms with Crippen LogP contribution < -0.4 is 5.32 Å². The highest BCUT2D eigenvalue weighted by atomic mass is 16.2. The molecule has 0 spiro atoms. The van der Waals surface area contributed by atoms with Crippen LogP contribution in [0.2, 0.25) is 0 Å². The van der Waals surface area contributed by atoms with Crippen LogP contribution in [-0.4, -0.2) is 17.2 Å². The smallest absolute Gasteiger partial charge is 0.223 e. The van der Waals surface area contributed by atoms with Crippen LogP contribution in [0.3, 0.4) is 0 Å². The minimum absolute atomic E-state index is 0.00931. The number of nitrogens with one attached hydrogen (secondary N) is 1. The second-order valence-corrected chi connectivity index (χ2v) is 5.44. The maximum atomic E-state index is 12.1. The van der Waals surface area contributed by atoms with Crippen LogP contribution in [0, 0.1) is 17.8 Å². The maximum absolute atomic E-state index is 12.1. The van der Waals surface area contributed by atoms with Gasteiger partial charge in [0, 0.05) is 11.8 Å². The molecule has 1 aliphatic rings. The predicted molar refractivity (Wildman–Crippen MR) is 64.0 cm³/mol. The number of rotatable bonds is 5. The Labute approximate surface area is 98.0 Å². The number of hydrogen-bond acceptors (Lipinski definition) is 2. The molecule has 3 heteroatoms. The summed E-state index contributed by atoms with van der Waals surface area (Å²) in [6.45, 7) is 9.58. The standard InChI is InChI=1S/C13H23NO2/c1-6-10-7-13(10,11(15)8(2)3)14-12(16)9(4)5/h8-10H,6-7H2,1-5H3,(H,14,16)/t10-,13?/m1/s1. The van der Waals surface area contributed by atoms with E-state index in [1.165, 1.54) is 0 Å². The van der Waals surface area contributed by atoms with Gasteiger partial charge in [0.25, 0.3) is 0 Å². The average Bonchev–Trinajstić information content (AvgIpc) is 2.91. The van der Waals surface area contributed by atoms with Crippen LogP contribution in [0.25, 0.3) is 0 Å². The van der Waals surface area contributed by atoms with Gasteiger partial charge in [0.05, 0.1) is 0 Å². The van der Waals surface area contributed by atoms with E-state index in [2.05, 4.69) is 12.2 Å². The van der Waals surface area contributed by atoms with Crippen LogP contribution in [0.5, 0.6) is 0 Å². The van der Waals surface area contributed by atoms with Crippen molar-refractivity contribution in [2.45, 2.75) is 53.0 Å². The Kier molecular flexibility index (Phi) is 3.76. The molecule has 0 heterocycles. The molecular formula is C13H23NO2. The first-order valence-corrected chi connectivity index (χ1v) is 6.21. The molecule has 0 saturated heterocycles. The molecule has 0 aromatic rings. The van der Waals surface area contributed by atoms with Crippen LogP contribution in [0.15, 0.2) is 0 Å². The third-order valence-electron chi connectivity index (χ3n) is 3.43. The molecule has 0 radical (unpaired) electrons. The first-order chi connectivity index (χ1) is 7.35. The molecule has 3 nitrogen and oxygen atoms in total. The number of amides is 1. The minimum Gasteiger partial charge on any atom is -0.343 e. The quantitative estimate of drug-likeness (QED) is 0.779. The van der Waals surface area contributed by atoms with E-state index < -0.39 is 5.54 Å². The second-order valence-electron chi connectivity index (χ2n) is 5.44. The summed E-state index contributed by atoms with van der Waals surface area (Å²) in [5.74, 6) is 0.447. The molecule has 0 aromatic heterocycles. The summed E-state index contributed by atoms with van der Waals surface area (Å²) in [6, 6.07) is 0. The van der Waals surface area contributed by atoms with Gasteiger partial charge in [-0.15, -0.1) is 0 Å². The Morgan fingerprint density at radius 1 is 1.25 bits per heavy atom. The molecule has 1 saturated carbocycles. The topological polar surface area (TPSA) is 46.2 Å². The van der Waals surface area contributed by atoms with Gasteiger partial charge in [0.1, 0.15) is 5.54 Å². The summed E-state index contributed by atoms with van der Waals surface area (Å²) >= 11 is 0. The lowest BCUT2D eigenvalue weighted by molar-refractivity contribution is -0.132. The van der Waals surface area contributed by atoms with Crippen molar-refractivity contribution in [2.24, 2.45) is 17.8 Å². The predicted octanol–water partition coefficient (Wildman–Crippen LogP) is 2.15. The van der Waals surface area contributed by atoms with Crippen LogP contribution in [-0.2, 0) is 9.59 Å². The largest absolute Gasteiger partial charge is 0.343 e. The molecule has 0 bridgehead atoms. The van der Waals surface area contributed by atoms with Gasteiger partial charge in [0.15, 0.2) is 5.78 Å². The van der Waals surface area contributed by atoms with Crippen molar-refractivity contribution in [3.63, 3.8) is 0 Å². The van der Waals surface area contributed by atoms with E-state index in [0.717, 1.165) is 12.8 Å². The van der Waals surface area contributed by atoms with Gasteiger partial charge in [0.2, 0.25) is 5.91 Å². The minimum atomic E-state index is -0.537. The van der Waals surface area contributed by atoms with Gasteiger partial charge in [-0.05, 0) is 12.3 Å². The lowest BCUT2D eigenvalue weighted by Crippen LogP contribution is -2.48. The van der Waals surface area contributed by atoms with Crippen molar-refractivity contribution in [2.75, 3.05) is 0 Å². The van der Waals surface area contributed by atoms with Gasteiger partial charge in [-0.1, -0.05) is 41.0 Å². The van der Waals surface area contributed by atoms with E-state index in [0.29, 0.717) is 5.92 Å². The molecule has 92 valence electrons. The van der Waals surface area contributed by atoms with Gasteiger partial charge in [-0.2, -0.15) is 0 Å². The maximum Gasteiger partial charge on any atom is 0.223 e. The Balaban J connectivity index is 2.77. The highest BCUT2D eigenvalue weighted by Crippen LogP contribution is 2.47. The fraction of sp³-hybridized carbons (Fsp3) is 0.846. The van der Waals surface area contributed by atoms with E-state index in [-0.39, 0.29) is 23.5 Å². The van der Waals surface area contributed by atoms with Gasteiger partial charge >= 0.3 is 0 Å². The molecule has 1 N–H and O–H groups in total. The van der Waals surface area contributed by atoms with Gasteiger partial charge < -0.3 is 5.32 Å². The number of hydrogen-bond donors (Lipinski definition) is 1. The van der Waals surface area contributed by atoms with Gasteiger partial charge in [-0.25, -0.2) is 0 Å². The zero-order valence-corrected chi connectivity index (χ0v) is 11.0. The highest BCUT2D eigenvalue weighted by molar-refractivity contribution is 5.97. The summed E-state index contributed by atoms with van der Waals surface area (Å²) in [4.78, 5) is 23.9. The summed E-state index contributed by atoms with van der Waals surface area (Å²) < 4.78 is 0. The van der Waals surface area contributed by atoms with Crippen LogP contribution in [0.1, 0.15) is 47.5 Å². The molecule has 1 fully saturated rings. The lowest BCUT2D eigenvalue weighted by atomic mass is 9.96. The zero-order valence-electron chi connectivity index (χ0n) is 11.0. The van der Waals surface area contributed by atoms with E-state index >= 15 is 0 Å². The SMILES string of the molecule is CC[C@@H]1CC1(NC(=O)C(C)C)C(=O)C(C)C. The summed E-state index contributed by atoms with van der Waals surface area (Å²) in [6.07, 6.45) is 1.77. The average molecular weight is 225 g/mol. The summed E-state index contributed by atoms with van der Waals surface area (Å²) in [5, 5.41) is 2.96. The van der Waals surface area contributed by atoms with Crippen molar-refractivity contribution in [3.8, 4) is 0 Å². The fourth-order valence-corrected chi connectivity index (χ4v) is 2.22. The molecule has 2 atom stereocenters. The molecule has 0 aliphatic heterocycles.